The summed E-state index contributed by atoms with van der Waals surface area (Å²) in [6, 6.07) is 4.50. The van der Waals surface area contributed by atoms with E-state index in [9.17, 15) is 0 Å². The van der Waals surface area contributed by atoms with Gasteiger partial charge >= 0.3 is 0 Å². The number of pyridine rings is 1. The van der Waals surface area contributed by atoms with Crippen LogP contribution in [0.4, 0.5) is 5.95 Å². The number of nitrogens with one attached hydrogen (secondary N) is 2. The molecule has 4 aromatic rings. The Morgan fingerprint density at radius 2 is 2.11 bits per heavy atom. The number of fused-ring (bicyclic) bond motifs is 2. The fourth-order valence-electron chi connectivity index (χ4n) is 4.09. The number of imidazole rings is 1. The van der Waals surface area contributed by atoms with Gasteiger partial charge in [-0.05, 0) is 44.7 Å². The smallest absolute Gasteiger partial charge is 0.224 e. The Labute approximate surface area is 163 Å². The van der Waals surface area contributed by atoms with E-state index >= 15 is 0 Å². The van der Waals surface area contributed by atoms with Crippen molar-refractivity contribution in [3.63, 3.8) is 0 Å². The molecule has 28 heavy (non-hydrogen) atoms. The summed E-state index contributed by atoms with van der Waals surface area (Å²) in [7, 11) is 0. The van der Waals surface area contributed by atoms with E-state index in [1.54, 1.807) is 6.20 Å². The van der Waals surface area contributed by atoms with E-state index in [-0.39, 0.29) is 0 Å². The molecule has 0 unspecified atom stereocenters. The lowest BCUT2D eigenvalue weighted by Gasteiger charge is -2.28. The van der Waals surface area contributed by atoms with Gasteiger partial charge in [-0.15, -0.1) is 0 Å². The molecule has 1 aliphatic carbocycles. The van der Waals surface area contributed by atoms with Gasteiger partial charge < -0.3 is 19.4 Å². The fraction of sp³-hybridized carbons (Fsp3) is 0.381. The van der Waals surface area contributed by atoms with Crippen molar-refractivity contribution in [2.45, 2.75) is 44.8 Å². The van der Waals surface area contributed by atoms with E-state index in [4.69, 9.17) is 9.72 Å². The Balaban J connectivity index is 1.35. The molecule has 0 bridgehead atoms. The van der Waals surface area contributed by atoms with Gasteiger partial charge in [0, 0.05) is 60.1 Å². The molecule has 4 heterocycles. The second-order valence-electron chi connectivity index (χ2n) is 7.34. The number of H-pyrrole nitrogens is 1. The summed E-state index contributed by atoms with van der Waals surface area (Å²) in [4.78, 5) is 16.9. The number of hydrogen-bond acceptors (Lipinski definition) is 5. The quantitative estimate of drug-likeness (QED) is 0.550. The van der Waals surface area contributed by atoms with Crippen LogP contribution in [0.3, 0.4) is 0 Å². The van der Waals surface area contributed by atoms with E-state index in [0.717, 1.165) is 60.1 Å². The van der Waals surface area contributed by atoms with Gasteiger partial charge in [0.25, 0.3) is 0 Å². The van der Waals surface area contributed by atoms with Gasteiger partial charge in [0.2, 0.25) is 5.95 Å². The predicted octanol–water partition coefficient (Wildman–Crippen LogP) is 4.03. The van der Waals surface area contributed by atoms with Crippen molar-refractivity contribution in [2.75, 3.05) is 11.9 Å². The molecule has 0 aliphatic heterocycles. The van der Waals surface area contributed by atoms with Crippen LogP contribution in [-0.4, -0.2) is 43.1 Å². The highest BCUT2D eigenvalue weighted by Crippen LogP contribution is 2.29. The molecular formula is C21H24N6O. The first-order chi connectivity index (χ1) is 13.8. The molecule has 0 aromatic carbocycles. The Hall–Kier alpha value is -2.93. The van der Waals surface area contributed by atoms with Gasteiger partial charge in [-0.3, -0.25) is 0 Å². The van der Waals surface area contributed by atoms with Crippen molar-refractivity contribution >= 4 is 22.6 Å². The Morgan fingerprint density at radius 1 is 1.21 bits per heavy atom. The number of nitrogens with zero attached hydrogens (tertiary/aromatic N) is 4. The second kappa shape index (κ2) is 7.24. The van der Waals surface area contributed by atoms with E-state index in [0.29, 0.717) is 18.1 Å². The van der Waals surface area contributed by atoms with Crippen LogP contribution >= 0.6 is 0 Å². The first kappa shape index (κ1) is 17.2. The molecule has 7 heteroatoms. The molecule has 0 amide bonds. The third-order valence-electron chi connectivity index (χ3n) is 5.54. The lowest BCUT2D eigenvalue weighted by Crippen LogP contribution is -2.30. The van der Waals surface area contributed by atoms with E-state index in [2.05, 4.69) is 39.5 Å². The molecule has 5 rings (SSSR count). The van der Waals surface area contributed by atoms with Crippen LogP contribution in [0.1, 0.15) is 32.6 Å². The number of anilines is 1. The van der Waals surface area contributed by atoms with Crippen molar-refractivity contribution in [1.29, 1.82) is 0 Å². The lowest BCUT2D eigenvalue weighted by atomic mass is 9.93. The van der Waals surface area contributed by atoms with Crippen molar-refractivity contribution in [1.82, 2.24) is 24.3 Å². The number of hydrogen-bond donors (Lipinski definition) is 2. The van der Waals surface area contributed by atoms with Crippen LogP contribution in [0.15, 0.2) is 43.1 Å². The maximum absolute atomic E-state index is 5.74. The topological polar surface area (TPSA) is 80.1 Å². The van der Waals surface area contributed by atoms with Crippen molar-refractivity contribution < 1.29 is 4.74 Å². The standard InChI is InChI=1S/C21H24N6O/c1-2-28-16-6-4-15(5-7-16)25-21-24-12-18-17(11-23-20(18)26-21)14-3-8-19-22-9-10-27(19)13-14/h3,8-13,15-16H,2,4-7H2,1H3,(H2,23,24,25,26)/t15-,16+. The first-order valence-corrected chi connectivity index (χ1v) is 9.95. The van der Waals surface area contributed by atoms with Gasteiger partial charge in [-0.2, -0.15) is 4.98 Å². The molecular weight excluding hydrogens is 352 g/mol. The van der Waals surface area contributed by atoms with Crippen LogP contribution in [0.2, 0.25) is 0 Å². The average molecular weight is 376 g/mol. The SMILES string of the molecule is CCO[C@H]1CC[C@@H](Nc2ncc3c(-c4ccc5nccn5c4)c[nH]c3n2)CC1. The number of aromatic amines is 1. The van der Waals surface area contributed by atoms with Gasteiger partial charge in [-0.1, -0.05) is 0 Å². The third-order valence-corrected chi connectivity index (χ3v) is 5.54. The third kappa shape index (κ3) is 3.22. The maximum atomic E-state index is 5.74. The molecule has 4 aromatic heterocycles. The molecule has 1 aliphatic rings. The van der Waals surface area contributed by atoms with Crippen molar-refractivity contribution in [3.8, 4) is 11.1 Å². The van der Waals surface area contributed by atoms with E-state index < -0.39 is 0 Å². The zero-order chi connectivity index (χ0) is 18.9. The minimum absolute atomic E-state index is 0.408. The molecule has 0 atom stereocenters. The minimum Gasteiger partial charge on any atom is -0.379 e. The van der Waals surface area contributed by atoms with E-state index in [1.807, 2.05) is 29.1 Å². The Bertz CT molecular complexity index is 1090. The highest BCUT2D eigenvalue weighted by molar-refractivity contribution is 5.93. The highest BCUT2D eigenvalue weighted by Gasteiger charge is 2.22. The van der Waals surface area contributed by atoms with Gasteiger partial charge in [-0.25, -0.2) is 9.97 Å². The van der Waals surface area contributed by atoms with Crippen molar-refractivity contribution in [3.05, 3.63) is 43.1 Å². The van der Waals surface area contributed by atoms with Crippen LogP contribution in [-0.2, 0) is 4.74 Å². The lowest BCUT2D eigenvalue weighted by molar-refractivity contribution is 0.0346. The average Bonchev–Trinajstić information content (AvgIpc) is 3.35. The van der Waals surface area contributed by atoms with Gasteiger partial charge in [0.1, 0.15) is 11.3 Å². The monoisotopic (exact) mass is 376 g/mol. The molecule has 1 saturated carbocycles. The molecule has 7 nitrogen and oxygen atoms in total. The molecule has 0 radical (unpaired) electrons. The van der Waals surface area contributed by atoms with Crippen LogP contribution < -0.4 is 5.32 Å². The Kier molecular flexibility index (Phi) is 4.44. The summed E-state index contributed by atoms with van der Waals surface area (Å²) < 4.78 is 7.75. The molecule has 144 valence electrons. The molecule has 1 fully saturated rings. The highest BCUT2D eigenvalue weighted by atomic mass is 16.5. The summed E-state index contributed by atoms with van der Waals surface area (Å²) in [6.45, 7) is 2.86. The summed E-state index contributed by atoms with van der Waals surface area (Å²) in [5, 5.41) is 4.51. The normalized spacial score (nSPS) is 20.0. The first-order valence-electron chi connectivity index (χ1n) is 9.95. The van der Waals surface area contributed by atoms with Crippen LogP contribution in [0.5, 0.6) is 0 Å². The summed E-state index contributed by atoms with van der Waals surface area (Å²) in [5.41, 5.74) is 3.98. The van der Waals surface area contributed by atoms with Crippen LogP contribution in [0, 0.1) is 0 Å². The van der Waals surface area contributed by atoms with E-state index in [1.165, 1.54) is 0 Å². The molecule has 2 N–H and O–H groups in total. The van der Waals surface area contributed by atoms with Crippen molar-refractivity contribution in [2.24, 2.45) is 0 Å². The zero-order valence-electron chi connectivity index (χ0n) is 15.9. The van der Waals surface area contributed by atoms with Gasteiger partial charge in [0.15, 0.2) is 0 Å². The van der Waals surface area contributed by atoms with Crippen LogP contribution in [0.25, 0.3) is 27.8 Å². The fourth-order valence-corrected chi connectivity index (χ4v) is 4.09. The van der Waals surface area contributed by atoms with Gasteiger partial charge in [0.05, 0.1) is 6.10 Å². The minimum atomic E-state index is 0.408. The molecule has 0 spiro atoms. The molecule has 0 saturated heterocycles. The predicted molar refractivity (Wildman–Crippen MR) is 109 cm³/mol. The Morgan fingerprint density at radius 3 is 2.96 bits per heavy atom. The summed E-state index contributed by atoms with van der Waals surface area (Å²) in [5.74, 6) is 0.686. The summed E-state index contributed by atoms with van der Waals surface area (Å²) >= 11 is 0. The number of ether oxygens (including phenoxy) is 1. The zero-order valence-corrected chi connectivity index (χ0v) is 15.9. The second-order valence-corrected chi connectivity index (χ2v) is 7.34. The largest absolute Gasteiger partial charge is 0.379 e. The maximum Gasteiger partial charge on any atom is 0.224 e. The number of rotatable bonds is 5. The number of aromatic nitrogens is 5. The summed E-state index contributed by atoms with van der Waals surface area (Å²) in [6.07, 6.45) is 14.5.